The van der Waals surface area contributed by atoms with Crippen molar-refractivity contribution in [3.63, 3.8) is 0 Å². The molecule has 0 fully saturated rings. The number of pyridine rings is 1. The molecule has 0 aliphatic rings. The normalized spacial score (nSPS) is 11.6. The molecular formula is C24H23Cl2N3. The molecule has 29 heavy (non-hydrogen) atoms. The second kappa shape index (κ2) is 9.82. The van der Waals surface area contributed by atoms with Crippen LogP contribution in [0.15, 0.2) is 58.5 Å². The minimum absolute atomic E-state index is 0.552. The number of para-hydroxylation sites is 1. The van der Waals surface area contributed by atoms with Crippen molar-refractivity contribution in [1.82, 2.24) is 4.98 Å². The fourth-order valence-corrected chi connectivity index (χ4v) is 3.73. The average Bonchev–Trinajstić information content (AvgIpc) is 2.66. The molecule has 5 heteroatoms. The number of benzene rings is 2. The fourth-order valence-electron chi connectivity index (χ4n) is 3.08. The number of rotatable bonds is 6. The Morgan fingerprint density at radius 3 is 1.90 bits per heavy atom. The summed E-state index contributed by atoms with van der Waals surface area (Å²) in [6, 6.07) is 15.8. The molecule has 0 radical (unpaired) electrons. The third-order valence-electron chi connectivity index (χ3n) is 4.56. The van der Waals surface area contributed by atoms with Crippen molar-refractivity contribution in [3.8, 4) is 0 Å². The predicted octanol–water partition coefficient (Wildman–Crippen LogP) is 7.20. The Labute approximate surface area is 182 Å². The van der Waals surface area contributed by atoms with E-state index in [0.717, 1.165) is 28.3 Å². The van der Waals surface area contributed by atoms with Crippen molar-refractivity contribution in [2.45, 2.75) is 33.6 Å². The van der Waals surface area contributed by atoms with Crippen LogP contribution in [0.5, 0.6) is 0 Å². The van der Waals surface area contributed by atoms with Gasteiger partial charge < -0.3 is 0 Å². The Kier molecular flexibility index (Phi) is 7.18. The molecule has 0 saturated carbocycles. The Morgan fingerprint density at radius 1 is 0.759 bits per heavy atom. The van der Waals surface area contributed by atoms with Gasteiger partial charge in [0.15, 0.2) is 0 Å². The first-order chi connectivity index (χ1) is 13.9. The highest BCUT2D eigenvalue weighted by Crippen LogP contribution is 2.31. The zero-order valence-electron chi connectivity index (χ0n) is 16.8. The summed E-state index contributed by atoms with van der Waals surface area (Å²) in [5.41, 5.74) is 7.01. The molecule has 1 aromatic heterocycles. The monoisotopic (exact) mass is 423 g/mol. The molecule has 0 atom stereocenters. The van der Waals surface area contributed by atoms with Crippen LogP contribution < -0.4 is 0 Å². The van der Waals surface area contributed by atoms with Crippen molar-refractivity contribution in [1.29, 1.82) is 0 Å². The standard InChI is InChI=1S/C24H23Cl2N3/c1-16-6-4-7-17(2)23(16)27-12-10-20-8-5-9-21(29-20)11-13-28-24-18(3)14-19(25)15-22(24)26/h4-9,12-15H,10-11H2,1-3H3. The summed E-state index contributed by atoms with van der Waals surface area (Å²) in [5.74, 6) is 0. The molecule has 3 nitrogen and oxygen atoms in total. The van der Waals surface area contributed by atoms with Crippen molar-refractivity contribution in [3.05, 3.63) is 86.7 Å². The summed E-state index contributed by atoms with van der Waals surface area (Å²) in [6.07, 6.45) is 5.06. The van der Waals surface area contributed by atoms with E-state index >= 15 is 0 Å². The van der Waals surface area contributed by atoms with Crippen LogP contribution in [0.2, 0.25) is 10.0 Å². The molecule has 2 aromatic carbocycles. The Bertz CT molecular complexity index is 1030. The number of aryl methyl sites for hydroxylation is 3. The van der Waals surface area contributed by atoms with Gasteiger partial charge in [-0.25, -0.2) is 0 Å². The van der Waals surface area contributed by atoms with Crippen LogP contribution in [0, 0.1) is 20.8 Å². The number of aliphatic imine (C=N–C) groups is 2. The molecule has 0 saturated heterocycles. The van der Waals surface area contributed by atoms with E-state index < -0.39 is 0 Å². The van der Waals surface area contributed by atoms with Crippen LogP contribution in [0.1, 0.15) is 28.1 Å². The second-order valence-corrected chi connectivity index (χ2v) is 7.79. The van der Waals surface area contributed by atoms with Gasteiger partial charge in [0, 0.05) is 41.7 Å². The van der Waals surface area contributed by atoms with Gasteiger partial charge in [0.25, 0.3) is 0 Å². The third kappa shape index (κ3) is 5.75. The van der Waals surface area contributed by atoms with E-state index in [1.54, 1.807) is 6.07 Å². The highest BCUT2D eigenvalue weighted by molar-refractivity contribution is 6.36. The van der Waals surface area contributed by atoms with Crippen molar-refractivity contribution in [2.24, 2.45) is 9.98 Å². The van der Waals surface area contributed by atoms with Crippen LogP contribution in [0.4, 0.5) is 11.4 Å². The zero-order valence-corrected chi connectivity index (χ0v) is 18.3. The van der Waals surface area contributed by atoms with Crippen molar-refractivity contribution >= 4 is 47.0 Å². The van der Waals surface area contributed by atoms with Gasteiger partial charge in [-0.2, -0.15) is 0 Å². The van der Waals surface area contributed by atoms with Gasteiger partial charge in [-0.05, 0) is 61.7 Å². The van der Waals surface area contributed by atoms with E-state index in [1.807, 2.05) is 43.6 Å². The molecule has 0 amide bonds. The van der Waals surface area contributed by atoms with E-state index in [-0.39, 0.29) is 0 Å². The maximum atomic E-state index is 6.24. The number of aromatic nitrogens is 1. The van der Waals surface area contributed by atoms with E-state index in [2.05, 4.69) is 42.0 Å². The van der Waals surface area contributed by atoms with E-state index in [4.69, 9.17) is 28.2 Å². The van der Waals surface area contributed by atoms with Crippen molar-refractivity contribution in [2.75, 3.05) is 0 Å². The first-order valence-electron chi connectivity index (χ1n) is 9.46. The summed E-state index contributed by atoms with van der Waals surface area (Å²) < 4.78 is 0. The molecule has 3 aromatic rings. The van der Waals surface area contributed by atoms with Crippen LogP contribution in [0.3, 0.4) is 0 Å². The molecule has 3 rings (SSSR count). The quantitative estimate of drug-likeness (QED) is 0.386. The van der Waals surface area contributed by atoms with Gasteiger partial charge in [0.05, 0.1) is 16.4 Å². The largest absolute Gasteiger partial charge is 0.260 e. The first-order valence-corrected chi connectivity index (χ1v) is 10.2. The van der Waals surface area contributed by atoms with Gasteiger partial charge in [-0.3, -0.25) is 15.0 Å². The lowest BCUT2D eigenvalue weighted by atomic mass is 10.1. The molecular weight excluding hydrogens is 401 g/mol. The van der Waals surface area contributed by atoms with Crippen molar-refractivity contribution < 1.29 is 0 Å². The molecule has 148 valence electrons. The Morgan fingerprint density at radius 2 is 1.31 bits per heavy atom. The zero-order chi connectivity index (χ0) is 20.8. The highest BCUT2D eigenvalue weighted by Gasteiger charge is 2.04. The molecule has 0 unspecified atom stereocenters. The lowest BCUT2D eigenvalue weighted by Gasteiger charge is -2.05. The molecule has 0 aliphatic heterocycles. The smallest absolute Gasteiger partial charge is 0.0842 e. The topological polar surface area (TPSA) is 37.6 Å². The number of hydrogen-bond donors (Lipinski definition) is 0. The molecule has 0 bridgehead atoms. The SMILES string of the molecule is Cc1cccc(C)c1N=CCc1cccc(CC=Nc2c(C)cc(Cl)cc2Cl)n1. The number of halogens is 2. The second-order valence-electron chi connectivity index (χ2n) is 6.95. The van der Waals surface area contributed by atoms with Gasteiger partial charge >= 0.3 is 0 Å². The minimum atomic E-state index is 0.552. The highest BCUT2D eigenvalue weighted by atomic mass is 35.5. The summed E-state index contributed by atoms with van der Waals surface area (Å²) in [6.45, 7) is 6.10. The summed E-state index contributed by atoms with van der Waals surface area (Å²) >= 11 is 12.3. The molecule has 0 spiro atoms. The van der Waals surface area contributed by atoms with E-state index in [0.29, 0.717) is 22.9 Å². The molecule has 0 N–H and O–H groups in total. The summed E-state index contributed by atoms with van der Waals surface area (Å²) in [5, 5.41) is 1.17. The van der Waals surface area contributed by atoms with Gasteiger partial charge in [0.1, 0.15) is 0 Å². The van der Waals surface area contributed by atoms with Gasteiger partial charge in [-0.15, -0.1) is 0 Å². The Balaban J connectivity index is 1.66. The van der Waals surface area contributed by atoms with E-state index in [9.17, 15) is 0 Å². The maximum absolute atomic E-state index is 6.24. The van der Waals surface area contributed by atoms with Crippen LogP contribution in [-0.2, 0) is 12.8 Å². The van der Waals surface area contributed by atoms with Crippen LogP contribution in [-0.4, -0.2) is 17.4 Å². The minimum Gasteiger partial charge on any atom is -0.260 e. The maximum Gasteiger partial charge on any atom is 0.0842 e. The van der Waals surface area contributed by atoms with Gasteiger partial charge in [-0.1, -0.05) is 47.5 Å². The summed E-state index contributed by atoms with van der Waals surface area (Å²) in [4.78, 5) is 13.9. The third-order valence-corrected chi connectivity index (χ3v) is 5.07. The number of nitrogens with zero attached hydrogens (tertiary/aromatic N) is 3. The summed E-state index contributed by atoms with van der Waals surface area (Å²) in [7, 11) is 0. The number of hydrogen-bond acceptors (Lipinski definition) is 3. The fraction of sp³-hybridized carbons (Fsp3) is 0.208. The van der Waals surface area contributed by atoms with Gasteiger partial charge in [0.2, 0.25) is 0 Å². The van der Waals surface area contributed by atoms with Crippen LogP contribution >= 0.6 is 23.2 Å². The lowest BCUT2D eigenvalue weighted by molar-refractivity contribution is 1.06. The first kappa shape index (κ1) is 21.2. The predicted molar refractivity (Wildman–Crippen MR) is 125 cm³/mol. The Hall–Kier alpha value is -2.49. The molecule has 1 heterocycles. The van der Waals surface area contributed by atoms with E-state index in [1.165, 1.54) is 11.1 Å². The lowest BCUT2D eigenvalue weighted by Crippen LogP contribution is -1.97. The van der Waals surface area contributed by atoms with Crippen LogP contribution in [0.25, 0.3) is 0 Å². The molecule has 0 aliphatic carbocycles. The average molecular weight is 424 g/mol.